The SMILES string of the molecule is c1ccc(-c2nc(-c3ccccc3)nc(-c3cccc(N4c5ccccc5-c5cc6ccccc6cc5-n5c4cc4ccccc45)c3)n2)cc1.c1ccc(-c2nc(-c3ccccc3)nc(-c3cccc(N4c5ccccc5-c5ccccc5-n5c4cc4cc6ccccc6cc45)c3)n2)cc1.c1ccc(-c2nc(-c3ccccc3)nc(-c3cccc(N4c5ccccc5-c5ccccc5-n5c4cc4ccccc45)c3)n2)cc1. The summed E-state index contributed by atoms with van der Waals surface area (Å²) in [5, 5.41) is 8.42. The molecule has 0 saturated heterocycles. The molecule has 15 nitrogen and oxygen atoms in total. The van der Waals surface area contributed by atoms with E-state index >= 15 is 0 Å². The Morgan fingerprint density at radius 3 is 0.685 bits per heavy atom. The summed E-state index contributed by atoms with van der Waals surface area (Å²) in [4.78, 5) is 52.0. The van der Waals surface area contributed by atoms with Gasteiger partial charge in [0.15, 0.2) is 52.4 Å². The second-order valence-corrected chi connectivity index (χ2v) is 36.5. The molecule has 684 valence electrons. The molecule has 0 bridgehead atoms. The van der Waals surface area contributed by atoms with Crippen LogP contribution in [0.1, 0.15) is 0 Å². The number of benzene rings is 20. The number of rotatable bonds is 12. The molecule has 20 aromatic carbocycles. The minimum absolute atomic E-state index is 0.623. The van der Waals surface area contributed by atoms with Crippen LogP contribution in [0.5, 0.6) is 0 Å². The second kappa shape index (κ2) is 36.3. The molecule has 0 atom stereocenters. The highest BCUT2D eigenvalue weighted by molar-refractivity contribution is 6.07. The Hall–Kier alpha value is -20.0. The lowest BCUT2D eigenvalue weighted by atomic mass is 9.97. The van der Waals surface area contributed by atoms with E-state index in [1.54, 1.807) is 0 Å². The topological polar surface area (TPSA) is 141 Å². The van der Waals surface area contributed by atoms with E-state index in [0.717, 1.165) is 135 Å². The number of para-hydroxylation sites is 7. The average Bonchev–Trinajstić information content (AvgIpc) is 1.58. The van der Waals surface area contributed by atoms with Gasteiger partial charge in [-0.05, 0) is 143 Å². The average molecular weight is 1870 g/mol. The summed E-state index contributed by atoms with van der Waals surface area (Å²) >= 11 is 0. The van der Waals surface area contributed by atoms with Crippen LogP contribution in [0.2, 0.25) is 0 Å². The van der Waals surface area contributed by atoms with E-state index in [9.17, 15) is 0 Å². The molecule has 0 fully saturated rings. The zero-order valence-corrected chi connectivity index (χ0v) is 78.8. The Labute approximate surface area is 841 Å². The number of nitrogens with zero attached hydrogens (tertiary/aromatic N) is 15. The largest absolute Gasteiger partial charge is 0.295 e. The molecule has 3 aliphatic heterocycles. The van der Waals surface area contributed by atoms with Crippen molar-refractivity contribution in [3.63, 3.8) is 0 Å². The lowest BCUT2D eigenvalue weighted by Crippen LogP contribution is -2.13. The lowest BCUT2D eigenvalue weighted by Gasteiger charge is -2.26. The lowest BCUT2D eigenvalue weighted by molar-refractivity contribution is 1.07. The maximum absolute atomic E-state index is 5.05. The highest BCUT2D eigenvalue weighted by Crippen LogP contribution is 2.55. The van der Waals surface area contributed by atoms with Gasteiger partial charge >= 0.3 is 0 Å². The summed E-state index contributed by atoms with van der Waals surface area (Å²) in [7, 11) is 0. The summed E-state index contributed by atoms with van der Waals surface area (Å²) in [5.41, 5.74) is 28.8. The van der Waals surface area contributed by atoms with Gasteiger partial charge in [-0.25, -0.2) is 44.9 Å². The molecule has 0 amide bonds. The first-order valence-corrected chi connectivity index (χ1v) is 49.0. The van der Waals surface area contributed by atoms with Crippen LogP contribution in [-0.2, 0) is 0 Å². The molecule has 29 rings (SSSR count). The highest BCUT2D eigenvalue weighted by Gasteiger charge is 2.34. The van der Waals surface area contributed by atoms with Crippen LogP contribution in [0, 0.1) is 0 Å². The first-order valence-electron chi connectivity index (χ1n) is 49.0. The van der Waals surface area contributed by atoms with Gasteiger partial charge in [-0.3, -0.25) is 28.4 Å². The molecule has 146 heavy (non-hydrogen) atoms. The van der Waals surface area contributed by atoms with Gasteiger partial charge in [-0.1, -0.05) is 394 Å². The maximum atomic E-state index is 5.05. The Morgan fingerprint density at radius 1 is 0.123 bits per heavy atom. The third-order valence-electron chi connectivity index (χ3n) is 27.6. The van der Waals surface area contributed by atoms with Crippen molar-refractivity contribution in [2.45, 2.75) is 0 Å². The third kappa shape index (κ3) is 15.4. The predicted molar refractivity (Wildman–Crippen MR) is 595 cm³/mol. The highest BCUT2D eigenvalue weighted by atomic mass is 15.3. The summed E-state index contributed by atoms with van der Waals surface area (Å²) in [6, 6.07) is 180. The summed E-state index contributed by atoms with van der Waals surface area (Å²) < 4.78 is 7.20. The molecule has 3 aliphatic rings. The fourth-order valence-electron chi connectivity index (χ4n) is 20.9. The number of hydrogen-bond acceptors (Lipinski definition) is 12. The standard InChI is InChI=1S/2C45H29N5.C41H27N5/c1-3-14-30(15-4-1)43-46-44(31-16-5-2-6-17-31)48-45(47-43)34-20-13-21-36(27-34)49-39-24-11-9-22-37(39)38-23-10-12-25-40(38)50-41-28-33-19-8-7-18-32(33)26-35(41)29-42(49)50;1-3-14-30(15-4-1)43-46-44(31-16-5-2-6-17-31)48-45(47-43)35-21-13-22-36(26-35)49-40-25-12-10-23-37(40)38-27-32-18-7-8-19-33(32)28-41(38)50-39-24-11-9-20-34(39)29-42(49)50;1-3-14-28(15-4-1)39-42-40(29-16-5-2-6-17-29)44-41(43-39)31-19-13-20-32(26-31)45-36-24-11-8-21-33(36)34-22-9-12-25-37(34)46-35-23-10-7-18-30(35)27-38(45)46/h2*1-29H;1-27H. The Bertz CT molecular complexity index is 9370. The van der Waals surface area contributed by atoms with Crippen LogP contribution in [0.3, 0.4) is 0 Å². The Morgan fingerprint density at radius 2 is 0.349 bits per heavy atom. The molecule has 9 heterocycles. The van der Waals surface area contributed by atoms with Crippen molar-refractivity contribution in [2.24, 2.45) is 0 Å². The Balaban J connectivity index is 0.000000109. The van der Waals surface area contributed by atoms with Crippen molar-refractivity contribution in [1.82, 2.24) is 58.6 Å². The number of fused-ring (bicyclic) bond motifs is 23. The van der Waals surface area contributed by atoms with Gasteiger partial charge in [0.05, 0.1) is 50.7 Å². The molecular formula is C131H85N15. The molecule has 0 spiro atoms. The number of aromatic nitrogens is 12. The molecular weight excluding hydrogens is 1780 g/mol. The monoisotopic (exact) mass is 1870 g/mol. The van der Waals surface area contributed by atoms with Crippen molar-refractivity contribution in [2.75, 3.05) is 14.7 Å². The Kier molecular flexibility index (Phi) is 21.2. The van der Waals surface area contributed by atoms with Gasteiger partial charge in [-0.15, -0.1) is 0 Å². The van der Waals surface area contributed by atoms with Gasteiger partial charge < -0.3 is 0 Å². The third-order valence-corrected chi connectivity index (χ3v) is 27.6. The van der Waals surface area contributed by atoms with E-state index in [1.165, 1.54) is 71.1 Å². The van der Waals surface area contributed by atoms with Crippen molar-refractivity contribution < 1.29 is 0 Å². The zero-order chi connectivity index (χ0) is 96.5. The van der Waals surface area contributed by atoms with Gasteiger partial charge in [0.25, 0.3) is 0 Å². The molecule has 0 radical (unpaired) electrons. The quantitative estimate of drug-likeness (QED) is 0.115. The summed E-state index contributed by atoms with van der Waals surface area (Å²) in [6.07, 6.45) is 0. The van der Waals surface area contributed by atoms with Crippen LogP contribution >= 0.6 is 0 Å². The van der Waals surface area contributed by atoms with Crippen molar-refractivity contribution in [3.8, 4) is 153 Å². The molecule has 0 N–H and O–H groups in total. The van der Waals surface area contributed by atoms with Crippen LogP contribution in [0.4, 0.5) is 51.6 Å². The fraction of sp³-hybridized carbons (Fsp3) is 0. The smallest absolute Gasteiger partial charge is 0.164 e. The number of hydrogen-bond donors (Lipinski definition) is 0. The normalized spacial score (nSPS) is 11.9. The molecule has 15 heteroatoms. The molecule has 0 unspecified atom stereocenters. The van der Waals surface area contributed by atoms with Crippen LogP contribution in [-0.4, -0.2) is 58.6 Å². The van der Waals surface area contributed by atoms with Gasteiger partial charge in [0.2, 0.25) is 0 Å². The van der Waals surface area contributed by atoms with Gasteiger partial charge in [0.1, 0.15) is 17.5 Å². The molecule has 6 aromatic heterocycles. The second-order valence-electron chi connectivity index (χ2n) is 36.5. The van der Waals surface area contributed by atoms with E-state index in [2.05, 4.69) is 362 Å². The first kappa shape index (κ1) is 85.2. The molecule has 26 aromatic rings. The maximum Gasteiger partial charge on any atom is 0.164 e. The summed E-state index contributed by atoms with van der Waals surface area (Å²) in [6.45, 7) is 0. The van der Waals surface area contributed by atoms with Crippen LogP contribution in [0.15, 0.2) is 516 Å². The van der Waals surface area contributed by atoms with Crippen molar-refractivity contribution in [1.29, 1.82) is 0 Å². The van der Waals surface area contributed by atoms with E-state index < -0.39 is 0 Å². The first-order chi connectivity index (χ1) is 72.4. The van der Waals surface area contributed by atoms with E-state index in [1.807, 2.05) is 182 Å². The summed E-state index contributed by atoms with van der Waals surface area (Å²) in [5.74, 6) is 8.93. The minimum Gasteiger partial charge on any atom is -0.295 e. The fourth-order valence-corrected chi connectivity index (χ4v) is 20.9. The zero-order valence-electron chi connectivity index (χ0n) is 78.8. The van der Waals surface area contributed by atoms with E-state index in [4.69, 9.17) is 44.9 Å². The van der Waals surface area contributed by atoms with E-state index in [-0.39, 0.29) is 0 Å². The predicted octanol–water partition coefficient (Wildman–Crippen LogP) is 33.1. The number of anilines is 9. The minimum atomic E-state index is 0.623. The van der Waals surface area contributed by atoms with Crippen LogP contribution in [0.25, 0.3) is 207 Å². The van der Waals surface area contributed by atoms with Gasteiger partial charge in [-0.2, -0.15) is 0 Å². The molecule has 0 saturated carbocycles. The van der Waals surface area contributed by atoms with E-state index in [0.29, 0.717) is 52.4 Å². The van der Waals surface area contributed by atoms with Crippen molar-refractivity contribution in [3.05, 3.63) is 516 Å². The van der Waals surface area contributed by atoms with Crippen molar-refractivity contribution >= 4 is 106 Å². The molecule has 0 aliphatic carbocycles. The van der Waals surface area contributed by atoms with Gasteiger partial charge in [0, 0.05) is 117 Å². The van der Waals surface area contributed by atoms with Crippen LogP contribution < -0.4 is 14.7 Å².